The van der Waals surface area contributed by atoms with Crippen molar-refractivity contribution in [3.8, 4) is 0 Å². The molecule has 19 nitrogen and oxygen atoms in total. The first-order valence-corrected chi connectivity index (χ1v) is 41.9. The predicted molar refractivity (Wildman–Crippen MR) is 429 cm³/mol. The van der Waals surface area contributed by atoms with Crippen LogP contribution in [0.3, 0.4) is 0 Å². The number of ether oxygens (including phenoxy) is 6. The van der Waals surface area contributed by atoms with E-state index < -0.39 is 124 Å². The van der Waals surface area contributed by atoms with E-state index in [-0.39, 0.29) is 18.9 Å². The largest absolute Gasteiger partial charge is 0.394 e. The zero-order valence-electron chi connectivity index (χ0n) is 65.8. The van der Waals surface area contributed by atoms with Gasteiger partial charge in [-0.05, 0) is 96.3 Å². The summed E-state index contributed by atoms with van der Waals surface area (Å²) in [5.41, 5.74) is 0. The minimum absolute atomic E-state index is 0.236. The highest BCUT2D eigenvalue weighted by Gasteiger charge is 2.54. The summed E-state index contributed by atoms with van der Waals surface area (Å²) >= 11 is 0. The summed E-state index contributed by atoms with van der Waals surface area (Å²) in [5.74, 6) is -0.264. The van der Waals surface area contributed by atoms with Crippen LogP contribution in [0.4, 0.5) is 0 Å². The van der Waals surface area contributed by atoms with Gasteiger partial charge in [0.2, 0.25) is 5.91 Å². The Hall–Kier alpha value is -4.07. The van der Waals surface area contributed by atoms with Gasteiger partial charge in [-0.2, -0.15) is 0 Å². The smallest absolute Gasteiger partial charge is 0.220 e. The summed E-state index contributed by atoms with van der Waals surface area (Å²) in [7, 11) is 0. The normalized spacial score (nSPS) is 26.2. The molecule has 3 saturated heterocycles. The molecule has 0 aromatic carbocycles. The molecule has 19 heteroatoms. The lowest BCUT2D eigenvalue weighted by Gasteiger charge is -2.48. The molecule has 0 spiro atoms. The third-order valence-electron chi connectivity index (χ3n) is 20.0. The predicted octanol–water partition coefficient (Wildman–Crippen LogP) is 14.8. The molecule has 3 heterocycles. The van der Waals surface area contributed by atoms with Gasteiger partial charge in [-0.1, -0.05) is 314 Å². The SMILES string of the molecule is CC/C=C\C/C=C\C/C=C\C/C=C\C/C=C\C/C=C\C/C=C\C/C=C\C/C=C\C/C=C\C/C=C\CCCCCCCC(=O)NC(COC1OC(CO)C(OC2OC(CO)C(OC3OC(CO)C(O)C(O)C3O)C(O)C2O)C(O)C1O)C(O)CCCCCCCCCCCCCCCCCCCCCCCCC. The molecular weight excluding hydrogens is 1360 g/mol. The highest BCUT2D eigenvalue weighted by molar-refractivity contribution is 5.76. The molecule has 0 aromatic heterocycles. The van der Waals surface area contributed by atoms with Crippen LogP contribution in [0.15, 0.2) is 134 Å². The van der Waals surface area contributed by atoms with E-state index in [0.29, 0.717) is 12.8 Å². The van der Waals surface area contributed by atoms with Crippen molar-refractivity contribution >= 4 is 5.91 Å². The van der Waals surface area contributed by atoms with Gasteiger partial charge in [0.25, 0.3) is 0 Å². The maximum absolute atomic E-state index is 13.5. The van der Waals surface area contributed by atoms with E-state index in [9.17, 15) is 61.0 Å². The molecule has 17 unspecified atom stereocenters. The summed E-state index contributed by atoms with van der Waals surface area (Å²) in [6.45, 7) is 1.69. The maximum Gasteiger partial charge on any atom is 0.220 e. The van der Waals surface area contributed by atoms with Crippen molar-refractivity contribution in [3.63, 3.8) is 0 Å². The van der Waals surface area contributed by atoms with Crippen LogP contribution in [-0.4, -0.2) is 193 Å². The van der Waals surface area contributed by atoms with Gasteiger partial charge in [0.1, 0.15) is 73.2 Å². The summed E-state index contributed by atoms with van der Waals surface area (Å²) in [6, 6.07) is -0.909. The Morgan fingerprint density at radius 2 is 0.645 bits per heavy atom. The highest BCUT2D eigenvalue weighted by Crippen LogP contribution is 2.33. The number of aliphatic hydroxyl groups is 11. The van der Waals surface area contributed by atoms with Gasteiger partial charge >= 0.3 is 0 Å². The molecule has 0 aromatic rings. The molecular formula is C88H149NO18. The fourth-order valence-electron chi connectivity index (χ4n) is 13.3. The van der Waals surface area contributed by atoms with Crippen molar-refractivity contribution in [2.75, 3.05) is 26.4 Å². The molecule has 3 fully saturated rings. The summed E-state index contributed by atoms with van der Waals surface area (Å²) in [4.78, 5) is 13.5. The van der Waals surface area contributed by atoms with E-state index in [1.165, 1.54) is 122 Å². The lowest BCUT2D eigenvalue weighted by Crippen LogP contribution is -2.66. The molecule has 107 heavy (non-hydrogen) atoms. The van der Waals surface area contributed by atoms with Crippen LogP contribution in [-0.2, 0) is 33.2 Å². The Morgan fingerprint density at radius 1 is 0.346 bits per heavy atom. The summed E-state index contributed by atoms with van der Waals surface area (Å²) in [5, 5.41) is 121. The molecule has 0 radical (unpaired) electrons. The van der Waals surface area contributed by atoms with E-state index in [2.05, 4.69) is 153 Å². The zero-order valence-corrected chi connectivity index (χ0v) is 65.8. The molecule has 0 aliphatic carbocycles. The van der Waals surface area contributed by atoms with Gasteiger partial charge in [0, 0.05) is 6.42 Å². The van der Waals surface area contributed by atoms with E-state index in [4.69, 9.17) is 28.4 Å². The molecule has 0 bridgehead atoms. The number of carbonyl (C=O) groups excluding carboxylic acids is 1. The molecule has 3 rings (SSSR count). The average Bonchev–Trinajstić information content (AvgIpc) is 0.781. The van der Waals surface area contributed by atoms with Gasteiger partial charge < -0.3 is 89.9 Å². The monoisotopic (exact) mass is 1510 g/mol. The zero-order chi connectivity index (χ0) is 77.4. The summed E-state index contributed by atoms with van der Waals surface area (Å²) < 4.78 is 34.5. The molecule has 1 amide bonds. The van der Waals surface area contributed by atoms with Gasteiger partial charge in [-0.25, -0.2) is 0 Å². The number of carbonyl (C=O) groups is 1. The van der Waals surface area contributed by atoms with E-state index in [0.717, 1.165) is 128 Å². The van der Waals surface area contributed by atoms with Crippen LogP contribution in [0.1, 0.15) is 284 Å². The minimum atomic E-state index is -1.98. The molecule has 0 saturated carbocycles. The molecule has 17 atom stereocenters. The van der Waals surface area contributed by atoms with Crippen molar-refractivity contribution in [2.24, 2.45) is 0 Å². The van der Waals surface area contributed by atoms with Crippen LogP contribution in [0, 0.1) is 0 Å². The van der Waals surface area contributed by atoms with Crippen LogP contribution in [0.5, 0.6) is 0 Å². The quantitative estimate of drug-likeness (QED) is 0.0199. The topological polar surface area (TPSA) is 307 Å². The molecule has 614 valence electrons. The fraction of sp³-hybridized carbons (Fsp3) is 0.739. The molecule has 3 aliphatic rings. The van der Waals surface area contributed by atoms with Crippen molar-refractivity contribution in [1.29, 1.82) is 0 Å². The van der Waals surface area contributed by atoms with Crippen LogP contribution >= 0.6 is 0 Å². The van der Waals surface area contributed by atoms with Crippen molar-refractivity contribution < 1.29 is 89.4 Å². The Morgan fingerprint density at radius 3 is 1.01 bits per heavy atom. The molecule has 12 N–H and O–H groups in total. The number of aliphatic hydroxyl groups excluding tert-OH is 11. The number of hydrogen-bond donors (Lipinski definition) is 12. The van der Waals surface area contributed by atoms with Crippen molar-refractivity contribution in [3.05, 3.63) is 134 Å². The lowest BCUT2D eigenvalue weighted by molar-refractivity contribution is -0.379. The first kappa shape index (κ1) is 97.1. The molecule has 3 aliphatic heterocycles. The van der Waals surface area contributed by atoms with E-state index >= 15 is 0 Å². The lowest BCUT2D eigenvalue weighted by atomic mass is 9.96. The first-order chi connectivity index (χ1) is 52.3. The number of hydrogen-bond acceptors (Lipinski definition) is 18. The third kappa shape index (κ3) is 45.9. The Bertz CT molecular complexity index is 2450. The Kier molecular flexibility index (Phi) is 60.4. The first-order valence-electron chi connectivity index (χ1n) is 41.9. The number of unbranched alkanes of at least 4 members (excludes halogenated alkanes) is 27. The van der Waals surface area contributed by atoms with Crippen LogP contribution < -0.4 is 5.32 Å². The van der Waals surface area contributed by atoms with Crippen LogP contribution in [0.2, 0.25) is 0 Å². The standard InChI is InChI=1S/C88H149NO18/c1-3-5-7-9-11-13-15-17-19-21-23-25-27-28-29-30-31-32-33-34-35-36-37-38-39-40-41-42-44-46-48-50-52-54-56-58-60-62-64-66-76(94)89-71(72(93)65-63-61-59-57-55-53-51-49-47-45-43-26-24-22-20-18-16-14-12-10-8-6-4-2)70-102-86-82(100)79(97)84(74(68-91)104-86)107-88-83(101)80(98)85(75(69-92)105-88)106-87-81(99)78(96)77(95)73(67-90)103-87/h5,7,11,13,17,19,23,25,28-29,31-32,34-35,37-38,40-41,44,46,50,52,71-75,77-88,90-93,95-101H,3-4,6,8-10,12,14-16,18,20-22,24,26-27,30,33,36,39,42-43,45,47-49,51,53-70H2,1-2H3,(H,89,94)/b7-5-,13-11-,19-17-,25-23-,29-28-,32-31-,35-34-,38-37-,41-40-,46-44-,52-50-. The number of rotatable bonds is 65. The third-order valence-corrected chi connectivity index (χ3v) is 20.0. The minimum Gasteiger partial charge on any atom is -0.394 e. The van der Waals surface area contributed by atoms with Gasteiger partial charge in [-0.15, -0.1) is 0 Å². The average molecular weight is 1510 g/mol. The van der Waals surface area contributed by atoms with Gasteiger partial charge in [0.05, 0.1) is 38.6 Å². The Balaban J connectivity index is 1.36. The fourth-order valence-corrected chi connectivity index (χ4v) is 13.3. The highest BCUT2D eigenvalue weighted by atomic mass is 16.8. The van der Waals surface area contributed by atoms with E-state index in [1.807, 2.05) is 0 Å². The van der Waals surface area contributed by atoms with Crippen molar-refractivity contribution in [2.45, 2.75) is 388 Å². The van der Waals surface area contributed by atoms with Crippen molar-refractivity contribution in [1.82, 2.24) is 5.32 Å². The second-order valence-corrected chi connectivity index (χ2v) is 29.2. The van der Waals surface area contributed by atoms with Crippen LogP contribution in [0.25, 0.3) is 0 Å². The maximum atomic E-state index is 13.5. The second-order valence-electron chi connectivity index (χ2n) is 29.2. The van der Waals surface area contributed by atoms with Gasteiger partial charge in [0.15, 0.2) is 18.9 Å². The Labute approximate surface area is 645 Å². The number of allylic oxidation sites excluding steroid dienone is 22. The number of amides is 1. The summed E-state index contributed by atoms with van der Waals surface area (Å²) in [6.07, 6.45) is 68.1. The number of nitrogens with one attached hydrogen (secondary N) is 1. The van der Waals surface area contributed by atoms with E-state index in [1.54, 1.807) is 0 Å². The second kappa shape index (κ2) is 66.5. The van der Waals surface area contributed by atoms with Gasteiger partial charge in [-0.3, -0.25) is 4.79 Å².